The number of aliphatic hydroxyl groups excluding tert-OH is 1. The van der Waals surface area contributed by atoms with E-state index in [1.165, 1.54) is 4.88 Å². The van der Waals surface area contributed by atoms with Crippen molar-refractivity contribution in [2.75, 3.05) is 13.2 Å². The predicted octanol–water partition coefficient (Wildman–Crippen LogP) is 3.63. The van der Waals surface area contributed by atoms with Crippen molar-refractivity contribution in [3.8, 4) is 0 Å². The topological polar surface area (TPSA) is 41.5 Å². The van der Waals surface area contributed by atoms with Gasteiger partial charge >= 0.3 is 0 Å². The molecule has 0 fully saturated rings. The highest BCUT2D eigenvalue weighted by Crippen LogP contribution is 2.17. The van der Waals surface area contributed by atoms with E-state index in [1.54, 1.807) is 11.3 Å². The molecule has 5 heteroatoms. The summed E-state index contributed by atoms with van der Waals surface area (Å²) in [6.07, 6.45) is -0.522. The van der Waals surface area contributed by atoms with Gasteiger partial charge in [0.05, 0.1) is 19.3 Å². The first-order valence-corrected chi connectivity index (χ1v) is 8.18. The van der Waals surface area contributed by atoms with Crippen LogP contribution in [0.4, 0.5) is 0 Å². The van der Waals surface area contributed by atoms with Crippen LogP contribution in [0.15, 0.2) is 41.8 Å². The van der Waals surface area contributed by atoms with E-state index < -0.39 is 6.10 Å². The number of ether oxygens (including phenoxy) is 1. The minimum absolute atomic E-state index is 0.135. The SMILES string of the molecule is CC(NCC(O)COCc1cccs1)c1cccc(Cl)c1. The molecule has 2 aromatic rings. The maximum absolute atomic E-state index is 9.92. The van der Waals surface area contributed by atoms with Gasteiger partial charge in [-0.25, -0.2) is 0 Å². The maximum Gasteiger partial charge on any atom is 0.0898 e. The van der Waals surface area contributed by atoms with E-state index in [1.807, 2.05) is 48.7 Å². The second-order valence-electron chi connectivity index (χ2n) is 4.93. The zero-order valence-electron chi connectivity index (χ0n) is 12.0. The molecule has 0 aliphatic carbocycles. The Hall–Kier alpha value is -0.910. The fourth-order valence-corrected chi connectivity index (χ4v) is 2.79. The maximum atomic E-state index is 9.92. The Kier molecular flexibility index (Phi) is 6.67. The molecule has 0 aliphatic rings. The van der Waals surface area contributed by atoms with Gasteiger partial charge in [0.1, 0.15) is 0 Å². The highest BCUT2D eigenvalue weighted by Gasteiger charge is 2.09. The molecule has 0 bridgehead atoms. The van der Waals surface area contributed by atoms with Crippen molar-refractivity contribution >= 4 is 22.9 Å². The minimum atomic E-state index is -0.522. The van der Waals surface area contributed by atoms with E-state index in [-0.39, 0.29) is 6.04 Å². The number of aliphatic hydroxyl groups is 1. The zero-order chi connectivity index (χ0) is 15.1. The van der Waals surface area contributed by atoms with Gasteiger partial charge in [-0.1, -0.05) is 29.8 Å². The molecule has 0 aliphatic heterocycles. The van der Waals surface area contributed by atoms with Crippen LogP contribution in [0.2, 0.25) is 5.02 Å². The van der Waals surface area contributed by atoms with Gasteiger partial charge in [0.15, 0.2) is 0 Å². The molecular weight excluding hydrogens is 306 g/mol. The largest absolute Gasteiger partial charge is 0.389 e. The lowest BCUT2D eigenvalue weighted by Gasteiger charge is -2.17. The van der Waals surface area contributed by atoms with Crippen LogP contribution in [0.3, 0.4) is 0 Å². The van der Waals surface area contributed by atoms with Crippen LogP contribution >= 0.6 is 22.9 Å². The molecule has 0 spiro atoms. The molecule has 114 valence electrons. The van der Waals surface area contributed by atoms with Crippen molar-refractivity contribution in [2.24, 2.45) is 0 Å². The molecular formula is C16H20ClNO2S. The summed E-state index contributed by atoms with van der Waals surface area (Å²) in [4.78, 5) is 1.17. The molecule has 0 radical (unpaired) electrons. The standard InChI is InChI=1S/C16H20ClNO2S/c1-12(13-4-2-5-14(17)8-13)18-9-15(19)10-20-11-16-6-3-7-21-16/h2-8,12,15,18-19H,9-11H2,1H3. The van der Waals surface area contributed by atoms with Crippen molar-refractivity contribution in [1.82, 2.24) is 5.32 Å². The minimum Gasteiger partial charge on any atom is -0.389 e. The van der Waals surface area contributed by atoms with Gasteiger partial charge in [-0.3, -0.25) is 0 Å². The number of hydrogen-bond acceptors (Lipinski definition) is 4. The fourth-order valence-electron chi connectivity index (χ4n) is 1.96. The van der Waals surface area contributed by atoms with Crippen LogP contribution < -0.4 is 5.32 Å². The molecule has 0 saturated carbocycles. The van der Waals surface area contributed by atoms with Crippen LogP contribution in [0.1, 0.15) is 23.4 Å². The summed E-state index contributed by atoms with van der Waals surface area (Å²) < 4.78 is 5.50. The Morgan fingerprint density at radius 1 is 1.33 bits per heavy atom. The van der Waals surface area contributed by atoms with Gasteiger partial charge < -0.3 is 15.2 Å². The first kappa shape index (κ1) is 16.5. The van der Waals surface area contributed by atoms with Crippen LogP contribution in [0.25, 0.3) is 0 Å². The highest BCUT2D eigenvalue weighted by molar-refractivity contribution is 7.09. The van der Waals surface area contributed by atoms with Gasteiger partial charge in [0.25, 0.3) is 0 Å². The van der Waals surface area contributed by atoms with Crippen LogP contribution in [0.5, 0.6) is 0 Å². The molecule has 2 N–H and O–H groups in total. The molecule has 3 nitrogen and oxygen atoms in total. The number of nitrogens with one attached hydrogen (secondary N) is 1. The third-order valence-electron chi connectivity index (χ3n) is 3.14. The number of rotatable bonds is 8. The van der Waals surface area contributed by atoms with Gasteiger partial charge in [0.2, 0.25) is 0 Å². The van der Waals surface area contributed by atoms with E-state index in [4.69, 9.17) is 16.3 Å². The van der Waals surface area contributed by atoms with E-state index in [9.17, 15) is 5.11 Å². The van der Waals surface area contributed by atoms with Crippen molar-refractivity contribution < 1.29 is 9.84 Å². The summed E-state index contributed by atoms with van der Waals surface area (Å²) in [6.45, 7) is 3.41. The third-order valence-corrected chi connectivity index (χ3v) is 4.23. The third kappa shape index (κ3) is 5.77. The van der Waals surface area contributed by atoms with Gasteiger partial charge in [0, 0.05) is 22.5 Å². The quantitative estimate of drug-likeness (QED) is 0.778. The smallest absolute Gasteiger partial charge is 0.0898 e. The van der Waals surface area contributed by atoms with E-state index in [0.29, 0.717) is 19.8 Å². The Balaban J connectivity index is 1.67. The normalized spacial score (nSPS) is 14.0. The molecule has 1 heterocycles. The van der Waals surface area contributed by atoms with Gasteiger partial charge in [-0.2, -0.15) is 0 Å². The van der Waals surface area contributed by atoms with Crippen molar-refractivity contribution in [3.05, 3.63) is 57.2 Å². The van der Waals surface area contributed by atoms with Crippen molar-refractivity contribution in [2.45, 2.75) is 25.7 Å². The Labute approximate surface area is 134 Å². The lowest BCUT2D eigenvalue weighted by atomic mass is 10.1. The number of halogens is 1. The second-order valence-corrected chi connectivity index (χ2v) is 6.40. The molecule has 21 heavy (non-hydrogen) atoms. The van der Waals surface area contributed by atoms with Crippen molar-refractivity contribution in [3.63, 3.8) is 0 Å². The second kappa shape index (κ2) is 8.51. The van der Waals surface area contributed by atoms with Crippen molar-refractivity contribution in [1.29, 1.82) is 0 Å². The average molecular weight is 326 g/mol. The molecule has 0 saturated heterocycles. The fraction of sp³-hybridized carbons (Fsp3) is 0.375. The first-order chi connectivity index (χ1) is 10.1. The summed E-state index contributed by atoms with van der Waals surface area (Å²) in [5.74, 6) is 0. The lowest BCUT2D eigenvalue weighted by Crippen LogP contribution is -2.32. The van der Waals surface area contributed by atoms with Crippen LogP contribution in [-0.2, 0) is 11.3 Å². The number of thiophene rings is 1. The molecule has 0 amide bonds. The first-order valence-electron chi connectivity index (χ1n) is 6.92. The summed E-state index contributed by atoms with van der Waals surface area (Å²) in [7, 11) is 0. The Morgan fingerprint density at radius 2 is 2.19 bits per heavy atom. The van der Waals surface area contributed by atoms with Gasteiger partial charge in [-0.05, 0) is 36.1 Å². The zero-order valence-corrected chi connectivity index (χ0v) is 13.5. The summed E-state index contributed by atoms with van der Waals surface area (Å²) in [5, 5.41) is 15.9. The summed E-state index contributed by atoms with van der Waals surface area (Å²) in [5.41, 5.74) is 1.11. The summed E-state index contributed by atoms with van der Waals surface area (Å²) >= 11 is 7.63. The monoisotopic (exact) mass is 325 g/mol. The highest BCUT2D eigenvalue weighted by atomic mass is 35.5. The molecule has 1 aromatic heterocycles. The van der Waals surface area contributed by atoms with Crippen LogP contribution in [-0.4, -0.2) is 24.4 Å². The van der Waals surface area contributed by atoms with Gasteiger partial charge in [-0.15, -0.1) is 11.3 Å². The average Bonchev–Trinajstić information content (AvgIpc) is 2.98. The number of benzene rings is 1. The molecule has 2 rings (SSSR count). The lowest BCUT2D eigenvalue weighted by molar-refractivity contribution is 0.0288. The predicted molar refractivity (Wildman–Crippen MR) is 87.9 cm³/mol. The van der Waals surface area contributed by atoms with Crippen LogP contribution in [0, 0.1) is 0 Å². The summed E-state index contributed by atoms with van der Waals surface area (Å²) in [6, 6.07) is 11.9. The van der Waals surface area contributed by atoms with E-state index in [0.717, 1.165) is 10.6 Å². The Morgan fingerprint density at radius 3 is 2.90 bits per heavy atom. The van der Waals surface area contributed by atoms with E-state index >= 15 is 0 Å². The van der Waals surface area contributed by atoms with E-state index in [2.05, 4.69) is 5.32 Å². The molecule has 2 unspecified atom stereocenters. The molecule has 1 aromatic carbocycles. The Bertz CT molecular complexity index is 533. The molecule has 2 atom stereocenters. The number of hydrogen-bond donors (Lipinski definition) is 2.